The van der Waals surface area contributed by atoms with Crippen molar-refractivity contribution >= 4 is 5.91 Å². The summed E-state index contributed by atoms with van der Waals surface area (Å²) in [5.74, 6) is 0.297. The van der Waals surface area contributed by atoms with Gasteiger partial charge in [-0.25, -0.2) is 0 Å². The van der Waals surface area contributed by atoms with Crippen molar-refractivity contribution in [3.63, 3.8) is 0 Å². The molecule has 0 spiro atoms. The second-order valence-electron chi connectivity index (χ2n) is 3.76. The van der Waals surface area contributed by atoms with Crippen molar-refractivity contribution in [3.8, 4) is 0 Å². The van der Waals surface area contributed by atoms with Gasteiger partial charge in [0.2, 0.25) is 0 Å². The lowest BCUT2D eigenvalue weighted by atomic mass is 9.83. The summed E-state index contributed by atoms with van der Waals surface area (Å²) in [7, 11) is 0. The fourth-order valence-corrected chi connectivity index (χ4v) is 1.78. The van der Waals surface area contributed by atoms with Crippen LogP contribution in [0.3, 0.4) is 0 Å². The Balaban J connectivity index is 2.28. The molecule has 2 rings (SSSR count). The number of amides is 1. The maximum absolute atomic E-state index is 11.0. The first kappa shape index (κ1) is 8.35. The van der Waals surface area contributed by atoms with Gasteiger partial charge in [-0.15, -0.1) is 0 Å². The summed E-state index contributed by atoms with van der Waals surface area (Å²) >= 11 is 0. The Hall–Kier alpha value is -1.25. The minimum absolute atomic E-state index is 0.334. The van der Waals surface area contributed by atoms with E-state index in [0.717, 1.165) is 5.69 Å². The highest BCUT2D eigenvalue weighted by Crippen LogP contribution is 2.36. The molecule has 1 saturated carbocycles. The van der Waals surface area contributed by atoms with Crippen LogP contribution in [0.25, 0.3) is 0 Å². The highest BCUT2D eigenvalue weighted by atomic mass is 16.1. The minimum atomic E-state index is -0.334. The molecule has 70 valence electrons. The lowest BCUT2D eigenvalue weighted by Gasteiger charge is -2.23. The molecule has 13 heavy (non-hydrogen) atoms. The topological polar surface area (TPSA) is 58.9 Å². The van der Waals surface area contributed by atoms with E-state index in [4.69, 9.17) is 5.73 Å². The predicted octanol–water partition coefficient (Wildman–Crippen LogP) is 1.69. The highest BCUT2D eigenvalue weighted by molar-refractivity contribution is 5.94. The van der Waals surface area contributed by atoms with Crippen molar-refractivity contribution in [3.05, 3.63) is 23.0 Å². The van der Waals surface area contributed by atoms with Crippen molar-refractivity contribution in [2.75, 3.05) is 0 Å². The van der Waals surface area contributed by atoms with E-state index in [9.17, 15) is 4.79 Å². The number of nitrogens with one attached hydrogen (secondary N) is 1. The fourth-order valence-electron chi connectivity index (χ4n) is 1.78. The summed E-state index contributed by atoms with van der Waals surface area (Å²) < 4.78 is 0. The van der Waals surface area contributed by atoms with Crippen LogP contribution in [-0.4, -0.2) is 10.9 Å². The summed E-state index contributed by atoms with van der Waals surface area (Å²) in [6, 6.07) is 1.90. The van der Waals surface area contributed by atoms with E-state index in [0.29, 0.717) is 11.5 Å². The van der Waals surface area contributed by atoms with Crippen LogP contribution in [0, 0.1) is 6.92 Å². The summed E-state index contributed by atoms with van der Waals surface area (Å²) in [4.78, 5) is 14.2. The average molecular weight is 178 g/mol. The fraction of sp³-hybridized carbons (Fsp3) is 0.500. The molecule has 1 aromatic rings. The number of H-pyrrole nitrogens is 1. The summed E-state index contributed by atoms with van der Waals surface area (Å²) in [5.41, 5.74) is 7.95. The molecule has 0 atom stereocenters. The molecule has 0 aliphatic heterocycles. The van der Waals surface area contributed by atoms with Crippen LogP contribution in [0.4, 0.5) is 0 Å². The standard InChI is InChI=1S/C10H14N2O/c1-6-8(10(11)13)5-9(12-6)7-3-2-4-7/h5,7,12H,2-4H2,1H3,(H2,11,13). The highest BCUT2D eigenvalue weighted by Gasteiger charge is 2.22. The average Bonchev–Trinajstić information content (AvgIpc) is 2.27. The largest absolute Gasteiger partial charge is 0.366 e. The number of carbonyl (C=O) groups is 1. The van der Waals surface area contributed by atoms with Gasteiger partial charge in [0, 0.05) is 11.4 Å². The summed E-state index contributed by atoms with van der Waals surface area (Å²) in [6.45, 7) is 1.89. The van der Waals surface area contributed by atoms with Gasteiger partial charge in [-0.1, -0.05) is 6.42 Å². The van der Waals surface area contributed by atoms with E-state index in [1.807, 2.05) is 13.0 Å². The van der Waals surface area contributed by atoms with Crippen molar-refractivity contribution < 1.29 is 4.79 Å². The number of hydrogen-bond acceptors (Lipinski definition) is 1. The number of primary amides is 1. The molecule has 0 unspecified atom stereocenters. The van der Waals surface area contributed by atoms with E-state index in [2.05, 4.69) is 4.98 Å². The monoisotopic (exact) mass is 178 g/mol. The van der Waals surface area contributed by atoms with Gasteiger partial charge in [0.05, 0.1) is 5.56 Å². The number of nitrogens with two attached hydrogens (primary N) is 1. The first-order chi connectivity index (χ1) is 6.18. The summed E-state index contributed by atoms with van der Waals surface area (Å²) in [6.07, 6.45) is 3.77. The molecule has 0 saturated heterocycles. The van der Waals surface area contributed by atoms with E-state index in [1.165, 1.54) is 25.0 Å². The molecule has 3 heteroatoms. The van der Waals surface area contributed by atoms with E-state index < -0.39 is 0 Å². The van der Waals surface area contributed by atoms with Crippen molar-refractivity contribution in [2.24, 2.45) is 5.73 Å². The molecule has 1 aromatic heterocycles. The van der Waals surface area contributed by atoms with E-state index in [1.54, 1.807) is 0 Å². The van der Waals surface area contributed by atoms with Crippen LogP contribution in [0.2, 0.25) is 0 Å². The molecule has 1 aliphatic carbocycles. The predicted molar refractivity (Wildman–Crippen MR) is 50.6 cm³/mol. The maximum atomic E-state index is 11.0. The molecule has 0 aromatic carbocycles. The second kappa shape index (κ2) is 2.91. The van der Waals surface area contributed by atoms with Gasteiger partial charge in [-0.3, -0.25) is 4.79 Å². The van der Waals surface area contributed by atoms with Gasteiger partial charge in [0.1, 0.15) is 0 Å². The van der Waals surface area contributed by atoms with Crippen LogP contribution in [0.5, 0.6) is 0 Å². The van der Waals surface area contributed by atoms with Gasteiger partial charge in [-0.2, -0.15) is 0 Å². The van der Waals surface area contributed by atoms with Crippen LogP contribution in [-0.2, 0) is 0 Å². The van der Waals surface area contributed by atoms with Crippen LogP contribution < -0.4 is 5.73 Å². The number of rotatable bonds is 2. The number of hydrogen-bond donors (Lipinski definition) is 2. The molecule has 1 heterocycles. The van der Waals surface area contributed by atoms with Gasteiger partial charge in [-0.05, 0) is 31.7 Å². The Morgan fingerprint density at radius 3 is 2.69 bits per heavy atom. The van der Waals surface area contributed by atoms with E-state index >= 15 is 0 Å². The first-order valence-electron chi connectivity index (χ1n) is 4.68. The third kappa shape index (κ3) is 1.34. The zero-order valence-corrected chi connectivity index (χ0v) is 7.76. The van der Waals surface area contributed by atoms with Crippen molar-refractivity contribution in [1.82, 2.24) is 4.98 Å². The third-order valence-corrected chi connectivity index (χ3v) is 2.85. The smallest absolute Gasteiger partial charge is 0.250 e. The van der Waals surface area contributed by atoms with Gasteiger partial charge < -0.3 is 10.7 Å². The normalized spacial score (nSPS) is 17.0. The van der Waals surface area contributed by atoms with Gasteiger partial charge >= 0.3 is 0 Å². The summed E-state index contributed by atoms with van der Waals surface area (Å²) in [5, 5.41) is 0. The molecule has 3 nitrogen and oxygen atoms in total. The third-order valence-electron chi connectivity index (χ3n) is 2.85. The zero-order chi connectivity index (χ0) is 9.42. The molecule has 0 radical (unpaired) electrons. The second-order valence-corrected chi connectivity index (χ2v) is 3.76. The Morgan fingerprint density at radius 2 is 2.31 bits per heavy atom. The molecule has 0 bridgehead atoms. The Morgan fingerprint density at radius 1 is 1.62 bits per heavy atom. The minimum Gasteiger partial charge on any atom is -0.366 e. The number of aryl methyl sites for hydroxylation is 1. The van der Waals surface area contributed by atoms with E-state index in [-0.39, 0.29) is 5.91 Å². The molecular formula is C10H14N2O. The Bertz CT molecular complexity index is 337. The van der Waals surface area contributed by atoms with Crippen molar-refractivity contribution in [1.29, 1.82) is 0 Å². The maximum Gasteiger partial charge on any atom is 0.250 e. The SMILES string of the molecule is Cc1[nH]c(C2CCC2)cc1C(N)=O. The number of aromatic amines is 1. The number of aromatic nitrogens is 1. The van der Waals surface area contributed by atoms with Crippen LogP contribution >= 0.6 is 0 Å². The van der Waals surface area contributed by atoms with Gasteiger partial charge in [0.25, 0.3) is 5.91 Å². The Labute approximate surface area is 77.3 Å². The van der Waals surface area contributed by atoms with Gasteiger partial charge in [0.15, 0.2) is 0 Å². The van der Waals surface area contributed by atoms with Crippen LogP contribution in [0.15, 0.2) is 6.07 Å². The van der Waals surface area contributed by atoms with Crippen molar-refractivity contribution in [2.45, 2.75) is 32.1 Å². The lowest BCUT2D eigenvalue weighted by Crippen LogP contribution is -2.11. The lowest BCUT2D eigenvalue weighted by molar-refractivity contribution is 0.1000. The first-order valence-corrected chi connectivity index (χ1v) is 4.68. The zero-order valence-electron chi connectivity index (χ0n) is 7.76. The molecule has 1 fully saturated rings. The quantitative estimate of drug-likeness (QED) is 0.711. The number of carbonyl (C=O) groups excluding carboxylic acids is 1. The molecule has 1 aliphatic rings. The molecule has 1 amide bonds. The van der Waals surface area contributed by atoms with Crippen LogP contribution in [0.1, 0.15) is 46.9 Å². The molecular weight excluding hydrogens is 164 g/mol. The Kier molecular flexibility index (Phi) is 1.87. The molecule has 3 N–H and O–H groups in total.